The van der Waals surface area contributed by atoms with Gasteiger partial charge in [0.25, 0.3) is 0 Å². The smallest absolute Gasteiger partial charge is 0.326 e. The van der Waals surface area contributed by atoms with Crippen molar-refractivity contribution in [3.05, 3.63) is 23.8 Å². The predicted molar refractivity (Wildman–Crippen MR) is 139 cm³/mol. The fourth-order valence-corrected chi connectivity index (χ4v) is 3.47. The van der Waals surface area contributed by atoms with Crippen molar-refractivity contribution in [2.75, 3.05) is 13.7 Å². The summed E-state index contributed by atoms with van der Waals surface area (Å²) in [6, 6.07) is 4.70. The lowest BCUT2D eigenvalue weighted by molar-refractivity contribution is -0.151. The molecule has 0 aromatic heterocycles. The average Bonchev–Trinajstić information content (AvgIpc) is 2.84. The molecule has 37 heavy (non-hydrogen) atoms. The summed E-state index contributed by atoms with van der Waals surface area (Å²) < 4.78 is 21.2. The molecular formula is C28H43NO8. The van der Waals surface area contributed by atoms with Crippen LogP contribution in [0.4, 0.5) is 0 Å². The fraction of sp³-hybridized carbons (Fsp3) is 0.643. The molecule has 3 atom stereocenters. The summed E-state index contributed by atoms with van der Waals surface area (Å²) in [5.41, 5.74) is 5.47. The van der Waals surface area contributed by atoms with Gasteiger partial charge >= 0.3 is 23.9 Å². The molecule has 208 valence electrons. The first-order valence-corrected chi connectivity index (χ1v) is 13.0. The molecule has 9 nitrogen and oxygen atoms in total. The monoisotopic (exact) mass is 521 g/mol. The zero-order valence-corrected chi connectivity index (χ0v) is 23.1. The van der Waals surface area contributed by atoms with Crippen molar-refractivity contribution in [1.82, 2.24) is 0 Å². The Bertz CT molecular complexity index is 915. The minimum Gasteiger partial charge on any atom is -0.468 e. The zero-order valence-electron chi connectivity index (χ0n) is 23.1. The van der Waals surface area contributed by atoms with Crippen LogP contribution in [0, 0.1) is 11.8 Å². The van der Waals surface area contributed by atoms with E-state index in [1.54, 1.807) is 6.07 Å². The third kappa shape index (κ3) is 11.3. The highest BCUT2D eigenvalue weighted by atomic mass is 16.6. The molecule has 2 N–H and O–H groups in total. The van der Waals surface area contributed by atoms with Crippen LogP contribution in [0.15, 0.2) is 18.2 Å². The first-order valence-electron chi connectivity index (χ1n) is 13.0. The maximum absolute atomic E-state index is 12.6. The summed E-state index contributed by atoms with van der Waals surface area (Å²) in [5.74, 6) is -1.47. The van der Waals surface area contributed by atoms with E-state index in [0.29, 0.717) is 12.0 Å². The number of benzene rings is 1. The van der Waals surface area contributed by atoms with Gasteiger partial charge in [-0.15, -0.1) is 0 Å². The number of ether oxygens (including phenoxy) is 4. The van der Waals surface area contributed by atoms with E-state index >= 15 is 0 Å². The van der Waals surface area contributed by atoms with E-state index in [1.165, 1.54) is 19.2 Å². The van der Waals surface area contributed by atoms with E-state index in [0.717, 1.165) is 12.8 Å². The molecule has 1 rings (SSSR count). The number of carbonyl (C=O) groups excluding carboxylic acids is 4. The van der Waals surface area contributed by atoms with Crippen LogP contribution >= 0.6 is 0 Å². The van der Waals surface area contributed by atoms with Crippen molar-refractivity contribution in [2.45, 2.75) is 91.5 Å². The highest BCUT2D eigenvalue weighted by Crippen LogP contribution is 2.32. The van der Waals surface area contributed by atoms with Gasteiger partial charge in [0.2, 0.25) is 0 Å². The molecule has 0 aliphatic heterocycles. The van der Waals surface area contributed by atoms with Gasteiger partial charge in [0.1, 0.15) is 5.54 Å². The first kappa shape index (κ1) is 32.1. The van der Waals surface area contributed by atoms with E-state index in [-0.39, 0.29) is 68.0 Å². The van der Waals surface area contributed by atoms with Crippen molar-refractivity contribution in [3.63, 3.8) is 0 Å². The van der Waals surface area contributed by atoms with E-state index in [2.05, 4.69) is 0 Å². The van der Waals surface area contributed by atoms with Gasteiger partial charge in [-0.25, -0.2) is 0 Å². The second-order valence-corrected chi connectivity index (χ2v) is 9.71. The molecule has 0 aliphatic rings. The second kappa shape index (κ2) is 16.0. The normalized spacial score (nSPS) is 14.1. The largest absolute Gasteiger partial charge is 0.468 e. The Hall–Kier alpha value is -2.94. The summed E-state index contributed by atoms with van der Waals surface area (Å²) in [6.07, 6.45) is 3.03. The zero-order chi connectivity index (χ0) is 28.0. The second-order valence-electron chi connectivity index (χ2n) is 9.71. The molecule has 0 spiro atoms. The maximum Gasteiger partial charge on any atom is 0.326 e. The molecule has 2 unspecified atom stereocenters. The molecule has 9 heteroatoms. The minimum absolute atomic E-state index is 0.0159. The van der Waals surface area contributed by atoms with Gasteiger partial charge in [0.15, 0.2) is 11.5 Å². The minimum atomic E-state index is -1.49. The third-order valence-electron chi connectivity index (χ3n) is 6.26. The van der Waals surface area contributed by atoms with E-state index in [4.69, 9.17) is 24.7 Å². The van der Waals surface area contributed by atoms with Crippen molar-refractivity contribution in [3.8, 4) is 11.5 Å². The topological polar surface area (TPSA) is 131 Å². The molecule has 1 aromatic carbocycles. The molecule has 0 bridgehead atoms. The van der Waals surface area contributed by atoms with Gasteiger partial charge in [-0.1, -0.05) is 53.5 Å². The van der Waals surface area contributed by atoms with Crippen molar-refractivity contribution >= 4 is 23.9 Å². The Labute approximate surface area is 220 Å². The van der Waals surface area contributed by atoms with E-state index in [1.807, 2.05) is 34.6 Å². The average molecular weight is 522 g/mol. The lowest BCUT2D eigenvalue weighted by Crippen LogP contribution is -2.51. The Morgan fingerprint density at radius 1 is 0.892 bits per heavy atom. The van der Waals surface area contributed by atoms with Gasteiger partial charge in [0.05, 0.1) is 13.7 Å². The van der Waals surface area contributed by atoms with E-state index in [9.17, 15) is 19.2 Å². The molecule has 0 fully saturated rings. The van der Waals surface area contributed by atoms with Crippen LogP contribution in [0.25, 0.3) is 0 Å². The predicted octanol–water partition coefficient (Wildman–Crippen LogP) is 4.52. The van der Waals surface area contributed by atoms with Crippen LogP contribution in [0.5, 0.6) is 11.5 Å². The van der Waals surface area contributed by atoms with Crippen LogP contribution in [0.3, 0.4) is 0 Å². The van der Waals surface area contributed by atoms with Crippen molar-refractivity contribution < 1.29 is 38.1 Å². The van der Waals surface area contributed by atoms with Gasteiger partial charge < -0.3 is 24.7 Å². The van der Waals surface area contributed by atoms with Crippen LogP contribution in [-0.2, 0) is 35.1 Å². The summed E-state index contributed by atoms with van der Waals surface area (Å²) in [6.45, 7) is 9.67. The number of rotatable bonds is 16. The number of methoxy groups -OCH3 is 1. The van der Waals surface area contributed by atoms with Gasteiger partial charge in [-0.3, -0.25) is 19.2 Å². The molecule has 0 aliphatic carbocycles. The van der Waals surface area contributed by atoms with Crippen LogP contribution in [-0.4, -0.2) is 43.1 Å². The lowest BCUT2D eigenvalue weighted by atomic mass is 9.88. The quantitative estimate of drug-likeness (QED) is 0.246. The van der Waals surface area contributed by atoms with Crippen molar-refractivity contribution in [2.24, 2.45) is 17.6 Å². The van der Waals surface area contributed by atoms with Gasteiger partial charge in [0, 0.05) is 32.1 Å². The first-order chi connectivity index (χ1) is 17.5. The maximum atomic E-state index is 12.6. The SMILES string of the molecule is CCCC(=O)OCC[C@@](N)(Cc1ccc(OC(=O)CC(C)CC)c(OC(=O)CC(C)CC)c1)C(=O)OC. The van der Waals surface area contributed by atoms with Gasteiger partial charge in [-0.2, -0.15) is 0 Å². The van der Waals surface area contributed by atoms with Crippen LogP contribution < -0.4 is 15.2 Å². The van der Waals surface area contributed by atoms with Gasteiger partial charge in [-0.05, 0) is 36.0 Å². The highest BCUT2D eigenvalue weighted by Gasteiger charge is 2.36. The Balaban J connectivity index is 3.19. The highest BCUT2D eigenvalue weighted by molar-refractivity contribution is 5.81. The van der Waals surface area contributed by atoms with Crippen LogP contribution in [0.1, 0.15) is 85.1 Å². The van der Waals surface area contributed by atoms with Crippen molar-refractivity contribution in [1.29, 1.82) is 0 Å². The molecule has 1 aromatic rings. The summed E-state index contributed by atoms with van der Waals surface area (Å²) in [5, 5.41) is 0. The summed E-state index contributed by atoms with van der Waals surface area (Å²) >= 11 is 0. The molecule has 0 heterocycles. The lowest BCUT2D eigenvalue weighted by Gasteiger charge is -2.27. The Morgan fingerprint density at radius 3 is 1.97 bits per heavy atom. The molecular weight excluding hydrogens is 478 g/mol. The number of esters is 4. The standard InChI is InChI=1S/C28H43NO8/c1-7-10-24(30)35-14-13-28(29,27(33)34-6)18-21-11-12-22(36-25(31)15-19(4)8-2)23(17-21)37-26(32)16-20(5)9-3/h11-12,17,19-20H,7-10,13-16,18,29H2,1-6H3/t19?,20?,28-/m1/s1. The van der Waals surface area contributed by atoms with E-state index < -0.39 is 23.4 Å². The molecule has 0 saturated heterocycles. The number of carbonyl (C=O) groups is 4. The molecule has 0 amide bonds. The summed E-state index contributed by atoms with van der Waals surface area (Å²) in [7, 11) is 1.23. The third-order valence-corrected chi connectivity index (χ3v) is 6.26. The molecule has 0 radical (unpaired) electrons. The Kier molecular flexibility index (Phi) is 13.9. The number of nitrogens with two attached hydrogens (primary N) is 1. The fourth-order valence-electron chi connectivity index (χ4n) is 3.47. The Morgan fingerprint density at radius 2 is 1.46 bits per heavy atom. The number of hydrogen-bond donors (Lipinski definition) is 1. The number of hydrogen-bond acceptors (Lipinski definition) is 9. The van der Waals surface area contributed by atoms with Crippen LogP contribution in [0.2, 0.25) is 0 Å². The summed E-state index contributed by atoms with van der Waals surface area (Å²) in [4.78, 5) is 49.2. The molecule has 0 saturated carbocycles.